The lowest BCUT2D eigenvalue weighted by atomic mass is 9.73. The normalized spacial score (nSPS) is 26.6. The topological polar surface area (TPSA) is 119 Å². The summed E-state index contributed by atoms with van der Waals surface area (Å²) < 4.78 is 12.0. The average molecular weight is 485 g/mol. The highest BCUT2D eigenvalue weighted by atomic mass is 32.2. The molecule has 6 rings (SSSR count). The Bertz CT molecular complexity index is 1070. The summed E-state index contributed by atoms with van der Waals surface area (Å²) >= 11 is 1.49. The van der Waals surface area contributed by atoms with Crippen molar-refractivity contribution in [3.05, 3.63) is 24.2 Å². The highest BCUT2D eigenvalue weighted by molar-refractivity contribution is 7.99. The van der Waals surface area contributed by atoms with Gasteiger partial charge in [0.25, 0.3) is 0 Å². The third-order valence-corrected chi connectivity index (χ3v) is 9.00. The molecule has 2 spiro atoms. The second-order valence-electron chi connectivity index (χ2n) is 10.3. The van der Waals surface area contributed by atoms with Gasteiger partial charge in [0.2, 0.25) is 0 Å². The number of nitrogens with two attached hydrogens (primary N) is 1. The van der Waals surface area contributed by atoms with Crippen LogP contribution in [0, 0.1) is 10.8 Å². The highest BCUT2D eigenvalue weighted by Crippen LogP contribution is 2.50. The van der Waals surface area contributed by atoms with Gasteiger partial charge in [-0.05, 0) is 38.7 Å². The van der Waals surface area contributed by atoms with E-state index in [1.165, 1.54) is 24.6 Å². The number of nitrogens with zero attached hydrogens (tertiary/aromatic N) is 4. The zero-order valence-corrected chi connectivity index (χ0v) is 20.3. The van der Waals surface area contributed by atoms with Crippen LogP contribution in [-0.2, 0) is 11.3 Å². The molecule has 34 heavy (non-hydrogen) atoms. The van der Waals surface area contributed by atoms with Crippen molar-refractivity contribution < 1.29 is 14.6 Å². The Morgan fingerprint density at radius 1 is 1.24 bits per heavy atom. The number of piperidine rings is 1. The van der Waals surface area contributed by atoms with Crippen molar-refractivity contribution in [2.45, 2.75) is 61.3 Å². The Labute approximate surface area is 203 Å². The second-order valence-corrected chi connectivity index (χ2v) is 11.3. The first kappa shape index (κ1) is 22.3. The van der Waals surface area contributed by atoms with Crippen LogP contribution in [0.15, 0.2) is 28.4 Å². The van der Waals surface area contributed by atoms with Gasteiger partial charge in [-0.25, -0.2) is 15.0 Å². The molecule has 1 aliphatic carbocycles. The van der Waals surface area contributed by atoms with Crippen LogP contribution in [0.5, 0.6) is 5.75 Å². The second kappa shape index (κ2) is 8.51. The number of fused-ring (bicyclic) bond motifs is 1. The van der Waals surface area contributed by atoms with Gasteiger partial charge >= 0.3 is 0 Å². The van der Waals surface area contributed by atoms with Gasteiger partial charge in [0.05, 0.1) is 37.0 Å². The minimum absolute atomic E-state index is 0.0464. The summed E-state index contributed by atoms with van der Waals surface area (Å²) in [6.45, 7) is 5.90. The highest BCUT2D eigenvalue weighted by Gasteiger charge is 2.48. The molecule has 4 N–H and O–H groups in total. The van der Waals surface area contributed by atoms with Gasteiger partial charge in [0, 0.05) is 42.7 Å². The zero-order valence-electron chi connectivity index (χ0n) is 19.5. The lowest BCUT2D eigenvalue weighted by molar-refractivity contribution is 0.0973. The van der Waals surface area contributed by atoms with Gasteiger partial charge in [-0.3, -0.25) is 0 Å². The quantitative estimate of drug-likeness (QED) is 0.597. The first-order valence-corrected chi connectivity index (χ1v) is 13.0. The molecule has 10 heteroatoms. The number of ether oxygens (including phenoxy) is 2. The number of aromatic nitrogens is 3. The van der Waals surface area contributed by atoms with E-state index in [4.69, 9.17) is 25.2 Å². The molecule has 182 valence electrons. The number of aliphatic hydroxyl groups excluding tert-OH is 1. The molecule has 2 aromatic rings. The van der Waals surface area contributed by atoms with Gasteiger partial charge in [-0.15, -0.1) is 0 Å². The van der Waals surface area contributed by atoms with E-state index in [-0.39, 0.29) is 29.6 Å². The van der Waals surface area contributed by atoms with Gasteiger partial charge < -0.3 is 30.5 Å². The molecular weight excluding hydrogens is 452 g/mol. The molecule has 3 aliphatic heterocycles. The van der Waals surface area contributed by atoms with Crippen LogP contribution in [0.1, 0.15) is 38.3 Å². The van der Waals surface area contributed by atoms with Gasteiger partial charge in [-0.1, -0.05) is 11.8 Å². The number of hydrogen-bond acceptors (Lipinski definition) is 10. The van der Waals surface area contributed by atoms with E-state index in [0.717, 1.165) is 66.4 Å². The van der Waals surface area contributed by atoms with Crippen molar-refractivity contribution in [3.63, 3.8) is 0 Å². The van der Waals surface area contributed by atoms with Crippen molar-refractivity contribution in [2.75, 3.05) is 43.1 Å². The standard InChI is InChI=1S/C24H32N6O3S/c1-15-20(25)24(14-32-15)5-8-30(9-6-24)22-16(11-31)29-18(10-27-22)34-17-2-7-26-21-19(17)33-13-23(3-4-23)12-28-21/h2,7,10,15,20,31H,3-6,8-9,11-14,25H2,1H3,(H,26,28)/t15-,20+/m0/s1. The molecule has 9 nitrogen and oxygen atoms in total. The van der Waals surface area contributed by atoms with E-state index in [0.29, 0.717) is 12.3 Å². The number of hydrogen-bond donors (Lipinski definition) is 3. The van der Waals surface area contributed by atoms with Crippen LogP contribution in [-0.4, -0.2) is 65.1 Å². The summed E-state index contributed by atoms with van der Waals surface area (Å²) in [5.74, 6) is 2.31. The van der Waals surface area contributed by atoms with Gasteiger partial charge in [0.15, 0.2) is 17.4 Å². The molecule has 5 heterocycles. The monoisotopic (exact) mass is 484 g/mol. The Morgan fingerprint density at radius 3 is 2.76 bits per heavy atom. The fraction of sp³-hybridized carbons (Fsp3) is 0.625. The molecule has 0 radical (unpaired) electrons. The summed E-state index contributed by atoms with van der Waals surface area (Å²) in [6.07, 6.45) is 7.98. The van der Waals surface area contributed by atoms with Crippen molar-refractivity contribution in [2.24, 2.45) is 16.6 Å². The van der Waals surface area contributed by atoms with Crippen LogP contribution in [0.4, 0.5) is 11.6 Å². The Kier molecular flexibility index (Phi) is 5.59. The smallest absolute Gasteiger partial charge is 0.175 e. The summed E-state index contributed by atoms with van der Waals surface area (Å²) in [6, 6.07) is 2.02. The lowest BCUT2D eigenvalue weighted by Gasteiger charge is -2.41. The predicted molar refractivity (Wildman–Crippen MR) is 129 cm³/mol. The Morgan fingerprint density at radius 2 is 2.06 bits per heavy atom. The van der Waals surface area contributed by atoms with Crippen LogP contribution in [0.2, 0.25) is 0 Å². The Balaban J connectivity index is 1.18. The van der Waals surface area contributed by atoms with E-state index >= 15 is 0 Å². The van der Waals surface area contributed by atoms with Crippen molar-refractivity contribution >= 4 is 23.4 Å². The molecule has 4 aliphatic rings. The molecular formula is C24H32N6O3S. The molecule has 3 fully saturated rings. The fourth-order valence-electron chi connectivity index (χ4n) is 5.39. The maximum absolute atomic E-state index is 10.1. The number of rotatable bonds is 4. The maximum Gasteiger partial charge on any atom is 0.175 e. The van der Waals surface area contributed by atoms with E-state index in [2.05, 4.69) is 22.1 Å². The van der Waals surface area contributed by atoms with Crippen LogP contribution in [0.25, 0.3) is 0 Å². The zero-order chi connectivity index (χ0) is 23.3. The maximum atomic E-state index is 10.1. The van der Waals surface area contributed by atoms with Crippen LogP contribution >= 0.6 is 11.8 Å². The lowest BCUT2D eigenvalue weighted by Crippen LogP contribution is -2.51. The van der Waals surface area contributed by atoms with Crippen molar-refractivity contribution in [1.82, 2.24) is 15.0 Å². The van der Waals surface area contributed by atoms with E-state index in [1.54, 1.807) is 12.4 Å². The first-order chi connectivity index (χ1) is 16.5. The molecule has 2 saturated heterocycles. The van der Waals surface area contributed by atoms with Crippen molar-refractivity contribution in [3.8, 4) is 5.75 Å². The molecule has 2 atom stereocenters. The molecule has 0 unspecified atom stereocenters. The minimum atomic E-state index is -0.160. The predicted octanol–water partition coefficient (Wildman–Crippen LogP) is 2.43. The molecule has 0 amide bonds. The van der Waals surface area contributed by atoms with E-state index in [9.17, 15) is 5.11 Å². The van der Waals surface area contributed by atoms with Crippen LogP contribution < -0.4 is 20.7 Å². The third kappa shape index (κ3) is 3.90. The molecule has 2 aromatic heterocycles. The SMILES string of the molecule is C[C@@H]1OCC2(CCN(c3ncc(Sc4ccnc5c4OCC4(CC4)CN5)nc3CO)CC2)[C@@H]1N. The number of aliphatic hydroxyl groups is 1. The van der Waals surface area contributed by atoms with Gasteiger partial charge in [0.1, 0.15) is 10.7 Å². The summed E-state index contributed by atoms with van der Waals surface area (Å²) in [4.78, 5) is 17.1. The fourth-order valence-corrected chi connectivity index (χ4v) is 6.26. The average Bonchev–Trinajstić information content (AvgIpc) is 3.63. The van der Waals surface area contributed by atoms with E-state index in [1.807, 2.05) is 6.07 Å². The first-order valence-electron chi connectivity index (χ1n) is 12.1. The van der Waals surface area contributed by atoms with Crippen molar-refractivity contribution in [1.29, 1.82) is 0 Å². The third-order valence-electron chi connectivity index (χ3n) is 8.05. The molecule has 0 bridgehead atoms. The molecule has 0 aromatic carbocycles. The summed E-state index contributed by atoms with van der Waals surface area (Å²) in [7, 11) is 0. The minimum Gasteiger partial charge on any atom is -0.488 e. The number of anilines is 2. The number of nitrogens with one attached hydrogen (secondary N) is 1. The van der Waals surface area contributed by atoms with E-state index < -0.39 is 0 Å². The van der Waals surface area contributed by atoms with Gasteiger partial charge in [-0.2, -0.15) is 0 Å². The number of pyridine rings is 1. The molecule has 1 saturated carbocycles. The summed E-state index contributed by atoms with van der Waals surface area (Å²) in [5.41, 5.74) is 7.36. The summed E-state index contributed by atoms with van der Waals surface area (Å²) in [5, 5.41) is 14.3. The van der Waals surface area contributed by atoms with Crippen LogP contribution in [0.3, 0.4) is 0 Å². The largest absolute Gasteiger partial charge is 0.488 e. The Hall–Kier alpha value is -2.14.